The van der Waals surface area contributed by atoms with E-state index in [4.69, 9.17) is 0 Å². The number of fused-ring (bicyclic) bond motifs is 1. The van der Waals surface area contributed by atoms with Gasteiger partial charge in [-0.2, -0.15) is 4.31 Å². The molecule has 0 radical (unpaired) electrons. The second-order valence-corrected chi connectivity index (χ2v) is 8.25. The second kappa shape index (κ2) is 6.55. The van der Waals surface area contributed by atoms with Crippen molar-refractivity contribution >= 4 is 20.9 Å². The highest BCUT2D eigenvalue weighted by Crippen LogP contribution is 2.20. The van der Waals surface area contributed by atoms with Gasteiger partial charge in [-0.3, -0.25) is 9.88 Å². The molecule has 0 amide bonds. The molecule has 1 aliphatic heterocycles. The fourth-order valence-corrected chi connectivity index (χ4v) is 4.60. The SMILES string of the molecule is CC(C)N1CCN(S(=O)(=O)Cc2cccc3cccnc23)CC1. The number of nitrogens with zero attached hydrogens (tertiary/aromatic N) is 3. The minimum Gasteiger partial charge on any atom is -0.298 e. The van der Waals surface area contributed by atoms with Crippen molar-refractivity contribution in [1.82, 2.24) is 14.2 Å². The number of rotatable bonds is 4. The summed E-state index contributed by atoms with van der Waals surface area (Å²) >= 11 is 0. The molecule has 0 spiro atoms. The average molecular weight is 333 g/mol. The summed E-state index contributed by atoms with van der Waals surface area (Å²) in [6.45, 7) is 7.02. The lowest BCUT2D eigenvalue weighted by molar-refractivity contribution is 0.154. The molecule has 124 valence electrons. The van der Waals surface area contributed by atoms with Crippen LogP contribution in [0, 0.1) is 0 Å². The van der Waals surface area contributed by atoms with Crippen LogP contribution in [-0.4, -0.2) is 54.8 Å². The fourth-order valence-electron chi connectivity index (χ4n) is 3.07. The van der Waals surface area contributed by atoms with Crippen molar-refractivity contribution in [2.75, 3.05) is 26.2 Å². The van der Waals surface area contributed by atoms with Crippen molar-refractivity contribution in [3.63, 3.8) is 0 Å². The van der Waals surface area contributed by atoms with Gasteiger partial charge >= 0.3 is 0 Å². The molecule has 0 aliphatic carbocycles. The topological polar surface area (TPSA) is 53.5 Å². The molecule has 0 atom stereocenters. The Morgan fingerprint density at radius 2 is 1.78 bits per heavy atom. The maximum atomic E-state index is 12.8. The summed E-state index contributed by atoms with van der Waals surface area (Å²) < 4.78 is 27.1. The van der Waals surface area contributed by atoms with Crippen LogP contribution in [-0.2, 0) is 15.8 Å². The standard InChI is InChI=1S/C17H23N3O2S/c1-14(2)19-9-11-20(12-10-19)23(21,22)13-16-6-3-5-15-7-4-8-18-17(15)16/h3-8,14H,9-13H2,1-2H3. The highest BCUT2D eigenvalue weighted by Gasteiger charge is 2.28. The second-order valence-electron chi connectivity index (χ2n) is 6.28. The van der Waals surface area contributed by atoms with Crippen molar-refractivity contribution in [2.45, 2.75) is 25.6 Å². The van der Waals surface area contributed by atoms with Gasteiger partial charge in [0.25, 0.3) is 0 Å². The first-order valence-electron chi connectivity index (χ1n) is 8.02. The Labute approximate surface area is 138 Å². The summed E-state index contributed by atoms with van der Waals surface area (Å²) in [6, 6.07) is 10.00. The fraction of sp³-hybridized carbons (Fsp3) is 0.471. The summed E-state index contributed by atoms with van der Waals surface area (Å²) in [5.74, 6) is 0.0169. The van der Waals surface area contributed by atoms with Crippen molar-refractivity contribution < 1.29 is 8.42 Å². The van der Waals surface area contributed by atoms with E-state index in [9.17, 15) is 8.42 Å². The first-order chi connectivity index (χ1) is 11.0. The molecular weight excluding hydrogens is 310 g/mol. The van der Waals surface area contributed by atoms with E-state index >= 15 is 0 Å². The predicted molar refractivity (Wildman–Crippen MR) is 92.6 cm³/mol. The summed E-state index contributed by atoms with van der Waals surface area (Å²) in [5, 5.41) is 0.977. The van der Waals surface area contributed by atoms with Crippen LogP contribution in [0.15, 0.2) is 36.5 Å². The first kappa shape index (κ1) is 16.4. The minimum atomic E-state index is -3.31. The number of hydrogen-bond donors (Lipinski definition) is 0. The molecule has 1 aliphatic rings. The number of hydrogen-bond acceptors (Lipinski definition) is 4. The Morgan fingerprint density at radius 3 is 2.48 bits per heavy atom. The highest BCUT2D eigenvalue weighted by atomic mass is 32.2. The van der Waals surface area contributed by atoms with Gasteiger partial charge in [-0.05, 0) is 25.5 Å². The zero-order valence-corrected chi connectivity index (χ0v) is 14.5. The minimum absolute atomic E-state index is 0.0169. The van der Waals surface area contributed by atoms with Crippen LogP contribution in [0.4, 0.5) is 0 Å². The van der Waals surface area contributed by atoms with Gasteiger partial charge in [-0.15, -0.1) is 0 Å². The van der Waals surface area contributed by atoms with E-state index in [0.29, 0.717) is 19.1 Å². The number of sulfonamides is 1. The highest BCUT2D eigenvalue weighted by molar-refractivity contribution is 7.88. The van der Waals surface area contributed by atoms with Gasteiger partial charge in [0.1, 0.15) is 0 Å². The van der Waals surface area contributed by atoms with E-state index in [1.807, 2.05) is 30.3 Å². The maximum absolute atomic E-state index is 12.8. The van der Waals surface area contributed by atoms with E-state index in [-0.39, 0.29) is 5.75 Å². The van der Waals surface area contributed by atoms with E-state index in [2.05, 4.69) is 23.7 Å². The van der Waals surface area contributed by atoms with Gasteiger partial charge < -0.3 is 0 Å². The van der Waals surface area contributed by atoms with Gasteiger partial charge in [0.05, 0.1) is 11.3 Å². The molecule has 23 heavy (non-hydrogen) atoms. The average Bonchev–Trinajstić information content (AvgIpc) is 2.55. The van der Waals surface area contributed by atoms with Crippen LogP contribution in [0.25, 0.3) is 10.9 Å². The van der Waals surface area contributed by atoms with Crippen LogP contribution in [0.5, 0.6) is 0 Å². The number of pyridine rings is 1. The van der Waals surface area contributed by atoms with E-state index in [1.165, 1.54) is 0 Å². The lowest BCUT2D eigenvalue weighted by Gasteiger charge is -2.36. The van der Waals surface area contributed by atoms with Crippen LogP contribution in [0.2, 0.25) is 0 Å². The Balaban J connectivity index is 1.79. The molecule has 2 heterocycles. The molecule has 3 rings (SSSR count). The lowest BCUT2D eigenvalue weighted by atomic mass is 10.1. The molecule has 2 aromatic rings. The third kappa shape index (κ3) is 3.54. The van der Waals surface area contributed by atoms with Gasteiger partial charge in [0, 0.05) is 43.8 Å². The number of piperazine rings is 1. The Hall–Kier alpha value is -1.50. The summed E-state index contributed by atoms with van der Waals surface area (Å²) in [6.07, 6.45) is 1.71. The molecule has 6 heteroatoms. The summed E-state index contributed by atoms with van der Waals surface area (Å²) in [5.41, 5.74) is 1.55. The molecule has 1 aromatic carbocycles. The zero-order chi connectivity index (χ0) is 16.4. The van der Waals surface area contributed by atoms with Gasteiger partial charge in [-0.1, -0.05) is 24.3 Å². The van der Waals surface area contributed by atoms with E-state index in [0.717, 1.165) is 29.6 Å². The number of aromatic nitrogens is 1. The Kier molecular flexibility index (Phi) is 4.66. The molecule has 1 fully saturated rings. The van der Waals surface area contributed by atoms with Gasteiger partial charge in [0.2, 0.25) is 10.0 Å². The molecular formula is C17H23N3O2S. The zero-order valence-electron chi connectivity index (χ0n) is 13.6. The van der Waals surface area contributed by atoms with E-state index < -0.39 is 10.0 Å². The molecule has 0 saturated carbocycles. The first-order valence-corrected chi connectivity index (χ1v) is 9.63. The van der Waals surface area contributed by atoms with Crippen molar-refractivity contribution in [1.29, 1.82) is 0 Å². The maximum Gasteiger partial charge on any atom is 0.218 e. The van der Waals surface area contributed by atoms with Crippen LogP contribution in [0.1, 0.15) is 19.4 Å². The molecule has 5 nitrogen and oxygen atoms in total. The Bertz CT molecular complexity index is 776. The molecule has 0 N–H and O–H groups in total. The van der Waals surface area contributed by atoms with E-state index in [1.54, 1.807) is 10.5 Å². The summed E-state index contributed by atoms with van der Waals surface area (Å²) in [4.78, 5) is 6.67. The summed E-state index contributed by atoms with van der Waals surface area (Å²) in [7, 11) is -3.31. The van der Waals surface area contributed by atoms with Gasteiger partial charge in [0.15, 0.2) is 0 Å². The van der Waals surface area contributed by atoms with Crippen LogP contribution in [0.3, 0.4) is 0 Å². The van der Waals surface area contributed by atoms with Gasteiger partial charge in [-0.25, -0.2) is 8.42 Å². The Morgan fingerprint density at radius 1 is 1.09 bits per heavy atom. The predicted octanol–water partition coefficient (Wildman–Crippen LogP) is 2.09. The molecule has 1 aromatic heterocycles. The number of benzene rings is 1. The third-order valence-electron chi connectivity index (χ3n) is 4.45. The number of para-hydroxylation sites is 1. The molecule has 0 bridgehead atoms. The molecule has 1 saturated heterocycles. The largest absolute Gasteiger partial charge is 0.298 e. The van der Waals surface area contributed by atoms with Crippen LogP contribution < -0.4 is 0 Å². The third-order valence-corrected chi connectivity index (χ3v) is 6.28. The van der Waals surface area contributed by atoms with Crippen molar-refractivity contribution in [2.24, 2.45) is 0 Å². The lowest BCUT2D eigenvalue weighted by Crippen LogP contribution is -2.50. The smallest absolute Gasteiger partial charge is 0.218 e. The van der Waals surface area contributed by atoms with Crippen LogP contribution >= 0.6 is 0 Å². The monoisotopic (exact) mass is 333 g/mol. The molecule has 0 unspecified atom stereocenters. The quantitative estimate of drug-likeness (QED) is 0.860. The van der Waals surface area contributed by atoms with Crippen molar-refractivity contribution in [3.05, 3.63) is 42.1 Å². The normalized spacial score (nSPS) is 17.9. The van der Waals surface area contributed by atoms with Crippen molar-refractivity contribution in [3.8, 4) is 0 Å².